The van der Waals surface area contributed by atoms with E-state index < -0.39 is 0 Å². The number of nitrogens with one attached hydrogen (secondary N) is 1. The normalized spacial score (nSPS) is 26.7. The standard InChI is InChI=1S/C11H17N3O/c1-8-3-4-14(6-9(8)2)10-5-11(15)13-7-12-10/h5,7-9H,3-4,6H2,1-2H3,(H,12,13,15). The van der Waals surface area contributed by atoms with Crippen LogP contribution in [0, 0.1) is 11.8 Å². The Kier molecular flexibility index (Phi) is 2.75. The highest BCUT2D eigenvalue weighted by Crippen LogP contribution is 2.24. The summed E-state index contributed by atoms with van der Waals surface area (Å²) in [5, 5.41) is 0. The average molecular weight is 207 g/mol. The van der Waals surface area contributed by atoms with Crippen LogP contribution in [0.2, 0.25) is 0 Å². The van der Waals surface area contributed by atoms with Gasteiger partial charge in [0.05, 0.1) is 6.33 Å². The molecule has 2 atom stereocenters. The van der Waals surface area contributed by atoms with Crippen molar-refractivity contribution >= 4 is 5.82 Å². The molecule has 0 radical (unpaired) electrons. The van der Waals surface area contributed by atoms with Gasteiger partial charge in [-0.25, -0.2) is 4.98 Å². The molecule has 82 valence electrons. The van der Waals surface area contributed by atoms with Crippen LogP contribution < -0.4 is 10.5 Å². The summed E-state index contributed by atoms with van der Waals surface area (Å²) >= 11 is 0. The van der Waals surface area contributed by atoms with Gasteiger partial charge in [0, 0.05) is 19.2 Å². The van der Waals surface area contributed by atoms with Gasteiger partial charge in [-0.3, -0.25) is 4.79 Å². The maximum absolute atomic E-state index is 11.2. The van der Waals surface area contributed by atoms with Crippen molar-refractivity contribution in [3.8, 4) is 0 Å². The Morgan fingerprint density at radius 3 is 2.93 bits per heavy atom. The molecule has 0 aliphatic carbocycles. The van der Waals surface area contributed by atoms with Crippen molar-refractivity contribution < 1.29 is 0 Å². The van der Waals surface area contributed by atoms with Gasteiger partial charge in [0.25, 0.3) is 5.56 Å². The SMILES string of the molecule is CC1CCN(c2cc(=O)[nH]cn2)CC1C. The van der Waals surface area contributed by atoms with E-state index in [4.69, 9.17) is 0 Å². The van der Waals surface area contributed by atoms with Crippen molar-refractivity contribution in [3.63, 3.8) is 0 Å². The molecule has 4 heteroatoms. The molecular weight excluding hydrogens is 190 g/mol. The van der Waals surface area contributed by atoms with Crippen molar-refractivity contribution in [2.75, 3.05) is 18.0 Å². The third-order valence-electron chi connectivity index (χ3n) is 3.32. The molecule has 2 rings (SSSR count). The van der Waals surface area contributed by atoms with Crippen molar-refractivity contribution in [3.05, 3.63) is 22.7 Å². The number of piperidine rings is 1. The minimum Gasteiger partial charge on any atom is -0.356 e. The quantitative estimate of drug-likeness (QED) is 0.754. The lowest BCUT2D eigenvalue weighted by Gasteiger charge is -2.35. The van der Waals surface area contributed by atoms with Crippen LogP contribution in [0.1, 0.15) is 20.3 Å². The van der Waals surface area contributed by atoms with E-state index in [0.717, 1.165) is 24.8 Å². The first-order valence-corrected chi connectivity index (χ1v) is 5.46. The molecular formula is C11H17N3O. The second kappa shape index (κ2) is 4.04. The van der Waals surface area contributed by atoms with E-state index in [1.165, 1.54) is 12.7 Å². The van der Waals surface area contributed by atoms with E-state index in [1.807, 2.05) is 0 Å². The molecule has 0 saturated carbocycles. The van der Waals surface area contributed by atoms with Crippen LogP contribution in [0.4, 0.5) is 5.82 Å². The van der Waals surface area contributed by atoms with Crippen LogP contribution in [0.5, 0.6) is 0 Å². The zero-order chi connectivity index (χ0) is 10.8. The molecule has 2 unspecified atom stereocenters. The van der Waals surface area contributed by atoms with Crippen LogP contribution in [0.25, 0.3) is 0 Å². The van der Waals surface area contributed by atoms with Gasteiger partial charge in [-0.1, -0.05) is 13.8 Å². The van der Waals surface area contributed by atoms with Crippen molar-refractivity contribution in [2.24, 2.45) is 11.8 Å². The van der Waals surface area contributed by atoms with Gasteiger partial charge in [0.1, 0.15) is 5.82 Å². The number of aromatic nitrogens is 2. The molecule has 4 nitrogen and oxygen atoms in total. The summed E-state index contributed by atoms with van der Waals surface area (Å²) in [6, 6.07) is 1.57. The third-order valence-corrected chi connectivity index (χ3v) is 3.32. The Hall–Kier alpha value is -1.32. The summed E-state index contributed by atoms with van der Waals surface area (Å²) < 4.78 is 0. The molecule has 0 bridgehead atoms. The minimum atomic E-state index is -0.0775. The summed E-state index contributed by atoms with van der Waals surface area (Å²) in [6.07, 6.45) is 2.65. The number of hydrogen-bond donors (Lipinski definition) is 1. The molecule has 1 aromatic rings. The fourth-order valence-electron chi connectivity index (χ4n) is 2.00. The number of H-pyrrole nitrogens is 1. The van der Waals surface area contributed by atoms with Gasteiger partial charge < -0.3 is 9.88 Å². The van der Waals surface area contributed by atoms with Crippen LogP contribution in [0.15, 0.2) is 17.2 Å². The topological polar surface area (TPSA) is 49.0 Å². The highest BCUT2D eigenvalue weighted by Gasteiger charge is 2.23. The second-order valence-electron chi connectivity index (χ2n) is 4.46. The Morgan fingerprint density at radius 2 is 2.27 bits per heavy atom. The number of rotatable bonds is 1. The highest BCUT2D eigenvalue weighted by molar-refractivity contribution is 5.37. The molecule has 1 aromatic heterocycles. The smallest absolute Gasteiger partial charge is 0.252 e. The molecule has 1 N–H and O–H groups in total. The minimum absolute atomic E-state index is 0.0775. The van der Waals surface area contributed by atoms with Gasteiger partial charge in [0.15, 0.2) is 0 Å². The maximum atomic E-state index is 11.2. The number of aromatic amines is 1. The van der Waals surface area contributed by atoms with Crippen molar-refractivity contribution in [1.29, 1.82) is 0 Å². The van der Waals surface area contributed by atoms with E-state index in [9.17, 15) is 4.79 Å². The van der Waals surface area contributed by atoms with E-state index >= 15 is 0 Å². The summed E-state index contributed by atoms with van der Waals surface area (Å²) in [4.78, 5) is 20.1. The van der Waals surface area contributed by atoms with Gasteiger partial charge in [-0.15, -0.1) is 0 Å². The molecule has 1 aliphatic rings. The maximum Gasteiger partial charge on any atom is 0.252 e. The lowest BCUT2D eigenvalue weighted by Crippen LogP contribution is -2.39. The Labute approximate surface area is 89.3 Å². The van der Waals surface area contributed by atoms with Crippen molar-refractivity contribution in [1.82, 2.24) is 9.97 Å². The first kappa shape index (κ1) is 10.2. The molecule has 0 amide bonds. The number of nitrogens with zero attached hydrogens (tertiary/aromatic N) is 2. The van der Waals surface area contributed by atoms with Gasteiger partial charge in [-0.2, -0.15) is 0 Å². The molecule has 1 fully saturated rings. The van der Waals surface area contributed by atoms with Gasteiger partial charge in [0.2, 0.25) is 0 Å². The van der Waals surface area contributed by atoms with Crippen LogP contribution >= 0.6 is 0 Å². The summed E-state index contributed by atoms with van der Waals surface area (Å²) in [5.74, 6) is 2.24. The fraction of sp³-hybridized carbons (Fsp3) is 0.636. The molecule has 1 aliphatic heterocycles. The average Bonchev–Trinajstić information content (AvgIpc) is 2.22. The molecule has 0 aromatic carbocycles. The Bertz CT molecular complexity index is 387. The Balaban J connectivity index is 2.15. The molecule has 1 saturated heterocycles. The first-order valence-electron chi connectivity index (χ1n) is 5.46. The fourth-order valence-corrected chi connectivity index (χ4v) is 2.00. The van der Waals surface area contributed by atoms with Gasteiger partial charge >= 0.3 is 0 Å². The van der Waals surface area contributed by atoms with Crippen LogP contribution in [0.3, 0.4) is 0 Å². The lowest BCUT2D eigenvalue weighted by atomic mass is 9.89. The van der Waals surface area contributed by atoms with E-state index in [0.29, 0.717) is 5.92 Å². The third kappa shape index (κ3) is 2.19. The molecule has 15 heavy (non-hydrogen) atoms. The molecule has 2 heterocycles. The predicted molar refractivity (Wildman–Crippen MR) is 60.0 cm³/mol. The number of hydrogen-bond acceptors (Lipinski definition) is 3. The second-order valence-corrected chi connectivity index (χ2v) is 4.46. The predicted octanol–water partition coefficient (Wildman–Crippen LogP) is 1.25. The largest absolute Gasteiger partial charge is 0.356 e. The molecule has 0 spiro atoms. The van der Waals surface area contributed by atoms with Crippen LogP contribution in [-0.4, -0.2) is 23.1 Å². The lowest BCUT2D eigenvalue weighted by molar-refractivity contribution is 0.322. The zero-order valence-corrected chi connectivity index (χ0v) is 9.23. The highest BCUT2D eigenvalue weighted by atomic mass is 16.1. The Morgan fingerprint density at radius 1 is 1.47 bits per heavy atom. The van der Waals surface area contributed by atoms with E-state index in [2.05, 4.69) is 28.7 Å². The van der Waals surface area contributed by atoms with E-state index in [1.54, 1.807) is 6.07 Å². The first-order chi connectivity index (χ1) is 7.16. The summed E-state index contributed by atoms with van der Waals surface area (Å²) in [6.45, 7) is 6.54. The zero-order valence-electron chi connectivity index (χ0n) is 9.23. The number of anilines is 1. The van der Waals surface area contributed by atoms with E-state index in [-0.39, 0.29) is 5.56 Å². The van der Waals surface area contributed by atoms with Crippen LogP contribution in [-0.2, 0) is 0 Å². The monoisotopic (exact) mass is 207 g/mol. The van der Waals surface area contributed by atoms with Gasteiger partial charge in [-0.05, 0) is 18.3 Å². The summed E-state index contributed by atoms with van der Waals surface area (Å²) in [7, 11) is 0. The van der Waals surface area contributed by atoms with Crippen molar-refractivity contribution in [2.45, 2.75) is 20.3 Å². The summed E-state index contributed by atoms with van der Waals surface area (Å²) in [5.41, 5.74) is -0.0775.